The van der Waals surface area contributed by atoms with Crippen LogP contribution in [-0.4, -0.2) is 65.7 Å². The molecule has 2 aliphatic heterocycles. The maximum absolute atomic E-state index is 15.4. The first-order valence-electron chi connectivity index (χ1n) is 14.9. The summed E-state index contributed by atoms with van der Waals surface area (Å²) in [5.41, 5.74) is -4.00. The highest BCUT2D eigenvalue weighted by Crippen LogP contribution is 2.50. The first-order chi connectivity index (χ1) is 21.9. The number of hydrogen-bond acceptors (Lipinski definition) is 6. The van der Waals surface area contributed by atoms with Crippen molar-refractivity contribution in [1.82, 2.24) is 9.47 Å². The van der Waals surface area contributed by atoms with Crippen LogP contribution in [0.5, 0.6) is 0 Å². The number of aromatic carboxylic acids is 1. The van der Waals surface area contributed by atoms with E-state index in [-0.39, 0.29) is 46.0 Å². The van der Waals surface area contributed by atoms with Gasteiger partial charge in [0.2, 0.25) is 5.43 Å². The largest absolute Gasteiger partial charge is 0.477 e. The van der Waals surface area contributed by atoms with Gasteiger partial charge in [-0.2, -0.15) is 13.2 Å². The van der Waals surface area contributed by atoms with E-state index in [0.717, 1.165) is 29.9 Å². The minimum absolute atomic E-state index is 0.00850. The van der Waals surface area contributed by atoms with E-state index >= 15 is 4.39 Å². The van der Waals surface area contributed by atoms with Crippen molar-refractivity contribution in [3.05, 3.63) is 68.7 Å². The van der Waals surface area contributed by atoms with E-state index in [1.807, 2.05) is 4.90 Å². The van der Waals surface area contributed by atoms with Gasteiger partial charge in [0, 0.05) is 60.3 Å². The summed E-state index contributed by atoms with van der Waals surface area (Å²) in [7, 11) is 0. The first-order valence-corrected chi connectivity index (χ1v) is 15.2. The van der Waals surface area contributed by atoms with Gasteiger partial charge in [-0.1, -0.05) is 17.5 Å². The highest BCUT2D eigenvalue weighted by atomic mass is 35.5. The third kappa shape index (κ3) is 5.23. The highest BCUT2D eigenvalue weighted by molar-refractivity contribution is 6.30. The lowest BCUT2D eigenvalue weighted by atomic mass is 9.89. The van der Waals surface area contributed by atoms with Gasteiger partial charge in [-0.3, -0.25) is 14.6 Å². The zero-order valence-corrected chi connectivity index (χ0v) is 25.0. The van der Waals surface area contributed by atoms with Gasteiger partial charge in [0.05, 0.1) is 23.6 Å². The molecule has 2 saturated carbocycles. The summed E-state index contributed by atoms with van der Waals surface area (Å²) >= 11 is 6.12. The summed E-state index contributed by atoms with van der Waals surface area (Å²) in [5.74, 6) is 2.62. The molecule has 3 fully saturated rings. The summed E-state index contributed by atoms with van der Waals surface area (Å²) in [6.07, 6.45) is -1.90. The Bertz CT molecular complexity index is 1900. The van der Waals surface area contributed by atoms with Crippen LogP contribution in [0, 0.1) is 23.6 Å². The number of carboxylic acids is 1. The van der Waals surface area contributed by atoms with Crippen molar-refractivity contribution in [3.8, 4) is 11.8 Å². The van der Waals surface area contributed by atoms with Crippen LogP contribution in [0.4, 0.5) is 33.7 Å². The molecular formula is C32H27ClF4N4O5. The molecule has 7 rings (SSSR count). The number of alkyl halides is 3. The number of benzene rings is 2. The Labute approximate surface area is 264 Å². The number of piperazine rings is 1. The number of cyclic esters (lactones) is 1. The lowest BCUT2D eigenvalue weighted by Crippen LogP contribution is -2.57. The maximum Gasteiger partial charge on any atom is 0.445 e. The second-order valence-electron chi connectivity index (χ2n) is 12.1. The molecule has 2 aromatic carbocycles. The lowest BCUT2D eigenvalue weighted by Gasteiger charge is -2.43. The molecule has 1 aromatic heterocycles. The van der Waals surface area contributed by atoms with Gasteiger partial charge in [0.15, 0.2) is 0 Å². The highest BCUT2D eigenvalue weighted by Gasteiger charge is 2.63. The molecule has 1 saturated heterocycles. The number of fused-ring (bicyclic) bond motifs is 2. The normalized spacial score (nSPS) is 21.9. The predicted molar refractivity (Wildman–Crippen MR) is 161 cm³/mol. The molecule has 3 aromatic rings. The zero-order chi connectivity index (χ0) is 32.5. The molecule has 4 aliphatic rings. The third-order valence-corrected chi connectivity index (χ3v) is 9.08. The molecule has 0 spiro atoms. The van der Waals surface area contributed by atoms with Crippen LogP contribution in [0.1, 0.15) is 47.6 Å². The molecule has 9 nitrogen and oxygen atoms in total. The van der Waals surface area contributed by atoms with Crippen LogP contribution in [-0.2, 0) is 10.3 Å². The Morgan fingerprint density at radius 2 is 1.76 bits per heavy atom. The van der Waals surface area contributed by atoms with E-state index in [0.29, 0.717) is 44.5 Å². The molecule has 3 heterocycles. The minimum Gasteiger partial charge on any atom is -0.477 e. The van der Waals surface area contributed by atoms with E-state index in [9.17, 15) is 32.7 Å². The van der Waals surface area contributed by atoms with Gasteiger partial charge in [0.1, 0.15) is 11.4 Å². The van der Waals surface area contributed by atoms with E-state index in [2.05, 4.69) is 11.8 Å². The standard InChI is InChI=1S/C32H27ClF4N4O5/c33-19-3-6-25-23(13-19)31(32(35,36)37,8-7-18-1-2-18)46-30(45)41(25)17-38-9-11-39(12-10-38)27-15-26-21(14-24(27)34)28(42)22(29(43)44)16-40(26)20-4-5-20/h3,6,13-16,18,20H,1-2,4-5,9-12,17H2,(H,43,44)/t31-/m0/s1. The van der Waals surface area contributed by atoms with Crippen LogP contribution in [0.2, 0.25) is 5.02 Å². The Hall–Kier alpha value is -4.28. The van der Waals surface area contributed by atoms with E-state index in [4.69, 9.17) is 16.3 Å². The number of rotatable bonds is 5. The molecule has 46 heavy (non-hydrogen) atoms. The SMILES string of the molecule is O=C(O)c1cn(C2CC2)c2cc(N3CCN(CN4C(=O)O[C@](C#CC5CC5)(C(F)(F)F)c5cc(Cl)ccc54)CC3)c(F)cc2c1=O. The van der Waals surface area contributed by atoms with Crippen molar-refractivity contribution in [3.63, 3.8) is 0 Å². The number of ether oxygens (including phenoxy) is 1. The number of aromatic nitrogens is 1. The molecule has 0 bridgehead atoms. The van der Waals surface area contributed by atoms with E-state index in [1.165, 1.54) is 18.3 Å². The third-order valence-electron chi connectivity index (χ3n) is 8.84. The van der Waals surface area contributed by atoms with Gasteiger partial charge >= 0.3 is 18.2 Å². The lowest BCUT2D eigenvalue weighted by molar-refractivity contribution is -0.240. The number of pyridine rings is 1. The number of carboxylic acid groups (broad SMARTS) is 1. The van der Waals surface area contributed by atoms with Crippen LogP contribution >= 0.6 is 11.6 Å². The van der Waals surface area contributed by atoms with Crippen molar-refractivity contribution in [2.75, 3.05) is 42.6 Å². The van der Waals surface area contributed by atoms with Gasteiger partial charge in [-0.25, -0.2) is 14.0 Å². The number of hydrogen-bond donors (Lipinski definition) is 1. The number of carbonyl (C=O) groups is 2. The molecule has 0 radical (unpaired) electrons. The average Bonchev–Trinajstić information content (AvgIpc) is 3.93. The number of anilines is 2. The summed E-state index contributed by atoms with van der Waals surface area (Å²) in [6, 6.07) is 6.55. The van der Waals surface area contributed by atoms with Crippen LogP contribution in [0.25, 0.3) is 10.9 Å². The smallest absolute Gasteiger partial charge is 0.445 e. The van der Waals surface area contributed by atoms with Gasteiger partial charge in [-0.15, -0.1) is 0 Å². The number of halogens is 5. The number of amides is 1. The summed E-state index contributed by atoms with van der Waals surface area (Å²) in [6.45, 7) is 1.16. The Morgan fingerprint density at radius 3 is 2.39 bits per heavy atom. The fourth-order valence-corrected chi connectivity index (χ4v) is 6.21. The second-order valence-corrected chi connectivity index (χ2v) is 12.5. The average molecular weight is 659 g/mol. The number of nitrogens with zero attached hydrogens (tertiary/aromatic N) is 4. The maximum atomic E-state index is 15.4. The predicted octanol–water partition coefficient (Wildman–Crippen LogP) is 5.73. The monoisotopic (exact) mass is 658 g/mol. The first kappa shape index (κ1) is 30.4. The van der Waals surface area contributed by atoms with Gasteiger partial charge in [-0.05, 0) is 61.9 Å². The zero-order valence-electron chi connectivity index (χ0n) is 24.2. The molecule has 1 atom stereocenters. The summed E-state index contributed by atoms with van der Waals surface area (Å²) in [4.78, 5) is 42.5. The Balaban J connectivity index is 1.14. The molecular weight excluding hydrogens is 632 g/mol. The second kappa shape index (κ2) is 10.9. The van der Waals surface area contributed by atoms with Crippen LogP contribution in [0.3, 0.4) is 0 Å². The molecule has 14 heteroatoms. The molecule has 240 valence electrons. The fraction of sp³-hybridized carbons (Fsp3) is 0.406. The number of carbonyl (C=O) groups excluding carboxylic acids is 1. The summed E-state index contributed by atoms with van der Waals surface area (Å²) in [5, 5.41) is 9.53. The topological polar surface area (TPSA) is 95.3 Å². The Morgan fingerprint density at radius 1 is 1.04 bits per heavy atom. The van der Waals surface area contributed by atoms with Crippen LogP contribution < -0.4 is 15.2 Å². The minimum atomic E-state index is -5.02. The van der Waals surface area contributed by atoms with Crippen molar-refractivity contribution in [2.45, 2.75) is 43.5 Å². The van der Waals surface area contributed by atoms with Crippen molar-refractivity contribution >= 4 is 45.9 Å². The van der Waals surface area contributed by atoms with Gasteiger partial charge < -0.3 is 19.3 Å². The van der Waals surface area contributed by atoms with Crippen LogP contribution in [0.15, 0.2) is 41.3 Å². The van der Waals surface area contributed by atoms with Crippen molar-refractivity contribution < 1.29 is 37.0 Å². The van der Waals surface area contributed by atoms with E-state index < -0.39 is 40.6 Å². The van der Waals surface area contributed by atoms with Gasteiger partial charge in [0.25, 0.3) is 5.60 Å². The van der Waals surface area contributed by atoms with Crippen molar-refractivity contribution in [1.29, 1.82) is 0 Å². The van der Waals surface area contributed by atoms with Crippen molar-refractivity contribution in [2.24, 2.45) is 5.92 Å². The molecule has 0 unspecified atom stereocenters. The molecule has 1 N–H and O–H groups in total. The molecule has 2 aliphatic carbocycles. The quantitative estimate of drug-likeness (QED) is 0.276. The summed E-state index contributed by atoms with van der Waals surface area (Å²) < 4.78 is 66.1. The molecule has 1 amide bonds. The Kier molecular flexibility index (Phi) is 7.21. The fourth-order valence-electron chi connectivity index (χ4n) is 6.04. The van der Waals surface area contributed by atoms with E-state index in [1.54, 1.807) is 15.5 Å².